The summed E-state index contributed by atoms with van der Waals surface area (Å²) in [6.07, 6.45) is 1.78. The quantitative estimate of drug-likeness (QED) is 0.822. The summed E-state index contributed by atoms with van der Waals surface area (Å²) in [6.45, 7) is 9.46. The summed E-state index contributed by atoms with van der Waals surface area (Å²) in [5.41, 5.74) is 2.26. The van der Waals surface area contributed by atoms with E-state index in [1.165, 1.54) is 0 Å². The Morgan fingerprint density at radius 1 is 1.24 bits per heavy atom. The van der Waals surface area contributed by atoms with Crippen molar-refractivity contribution in [1.82, 2.24) is 15.5 Å². The van der Waals surface area contributed by atoms with Gasteiger partial charge in [0.15, 0.2) is 0 Å². The minimum atomic E-state index is 0.147. The van der Waals surface area contributed by atoms with E-state index in [0.717, 1.165) is 35.0 Å². The molecule has 0 aliphatic carbocycles. The summed E-state index contributed by atoms with van der Waals surface area (Å²) < 4.78 is 6.81. The van der Waals surface area contributed by atoms with Crippen LogP contribution in [0.15, 0.2) is 27.1 Å². The van der Waals surface area contributed by atoms with E-state index in [1.54, 1.807) is 0 Å². The molecular formula is C16H22BrN3O. The average Bonchev–Trinajstić information content (AvgIpc) is 2.82. The number of nitrogens with zero attached hydrogens (tertiary/aromatic N) is 2. The molecule has 0 amide bonds. The molecule has 114 valence electrons. The predicted molar refractivity (Wildman–Crippen MR) is 88.2 cm³/mol. The Balaban J connectivity index is 1.95. The maximum Gasteiger partial charge on any atom is 0.247 e. The van der Waals surface area contributed by atoms with Crippen molar-refractivity contribution in [2.45, 2.75) is 46.1 Å². The maximum atomic E-state index is 5.76. The lowest BCUT2D eigenvalue weighted by atomic mass is 10.1. The van der Waals surface area contributed by atoms with Gasteiger partial charge in [-0.3, -0.25) is 0 Å². The van der Waals surface area contributed by atoms with Crippen molar-refractivity contribution in [3.8, 4) is 11.5 Å². The smallest absolute Gasteiger partial charge is 0.247 e. The second kappa shape index (κ2) is 6.71. The van der Waals surface area contributed by atoms with E-state index in [4.69, 9.17) is 4.42 Å². The lowest BCUT2D eigenvalue weighted by molar-refractivity contribution is 0.412. The minimum absolute atomic E-state index is 0.147. The van der Waals surface area contributed by atoms with Gasteiger partial charge in [-0.15, -0.1) is 10.2 Å². The Hall–Kier alpha value is -1.20. The minimum Gasteiger partial charge on any atom is -0.421 e. The molecule has 1 heterocycles. The molecule has 0 saturated heterocycles. The second-order valence-corrected chi connectivity index (χ2v) is 7.16. The first-order chi connectivity index (χ1) is 9.85. The number of rotatable bonds is 5. The zero-order valence-electron chi connectivity index (χ0n) is 13.0. The molecule has 0 fully saturated rings. The summed E-state index contributed by atoms with van der Waals surface area (Å²) in [7, 11) is 0. The van der Waals surface area contributed by atoms with E-state index in [2.05, 4.69) is 52.2 Å². The van der Waals surface area contributed by atoms with Crippen LogP contribution in [0, 0.1) is 6.92 Å². The fraction of sp³-hybridized carbons (Fsp3) is 0.500. The Labute approximate surface area is 134 Å². The normalized spacial score (nSPS) is 11.9. The van der Waals surface area contributed by atoms with Crippen molar-refractivity contribution < 1.29 is 4.42 Å². The molecule has 5 heteroatoms. The molecule has 0 saturated carbocycles. The second-order valence-electron chi connectivity index (χ2n) is 6.24. The van der Waals surface area contributed by atoms with E-state index in [9.17, 15) is 0 Å². The van der Waals surface area contributed by atoms with Gasteiger partial charge in [0.25, 0.3) is 0 Å². The summed E-state index contributed by atoms with van der Waals surface area (Å²) in [6, 6.07) is 6.03. The molecule has 1 aromatic heterocycles. The molecule has 0 spiro atoms. The van der Waals surface area contributed by atoms with Crippen LogP contribution in [-0.4, -0.2) is 22.3 Å². The molecule has 0 atom stereocenters. The van der Waals surface area contributed by atoms with E-state index in [1.807, 2.05) is 25.1 Å². The molecule has 0 unspecified atom stereocenters. The fourth-order valence-electron chi connectivity index (χ4n) is 2.03. The van der Waals surface area contributed by atoms with Crippen LogP contribution in [0.1, 0.15) is 38.6 Å². The number of nitrogens with one attached hydrogen (secondary N) is 1. The number of aryl methyl sites for hydroxylation is 2. The summed E-state index contributed by atoms with van der Waals surface area (Å²) in [4.78, 5) is 0. The standard InChI is InChI=1S/C16H22BrN3O/c1-11-10-12(17)7-8-13(11)15-20-19-14(21-15)6-5-9-18-16(2,3)4/h7-8,10,18H,5-6,9H2,1-4H3. The summed E-state index contributed by atoms with van der Waals surface area (Å²) >= 11 is 3.46. The predicted octanol–water partition coefficient (Wildman–Crippen LogP) is 4.13. The third-order valence-corrected chi connectivity index (χ3v) is 3.60. The topological polar surface area (TPSA) is 51.0 Å². The molecule has 1 N–H and O–H groups in total. The van der Waals surface area contributed by atoms with E-state index < -0.39 is 0 Å². The van der Waals surface area contributed by atoms with Crippen LogP contribution in [0.2, 0.25) is 0 Å². The number of benzene rings is 1. The Bertz CT molecular complexity index is 602. The van der Waals surface area contributed by atoms with Crippen molar-refractivity contribution in [3.63, 3.8) is 0 Å². The van der Waals surface area contributed by atoms with Crippen molar-refractivity contribution in [2.75, 3.05) is 6.54 Å². The highest BCUT2D eigenvalue weighted by Gasteiger charge is 2.12. The lowest BCUT2D eigenvalue weighted by Gasteiger charge is -2.19. The van der Waals surface area contributed by atoms with Crippen LogP contribution in [-0.2, 0) is 6.42 Å². The molecule has 1 aromatic carbocycles. The van der Waals surface area contributed by atoms with E-state index in [-0.39, 0.29) is 5.54 Å². The highest BCUT2D eigenvalue weighted by molar-refractivity contribution is 9.10. The van der Waals surface area contributed by atoms with Crippen molar-refractivity contribution >= 4 is 15.9 Å². The van der Waals surface area contributed by atoms with Crippen LogP contribution in [0.4, 0.5) is 0 Å². The lowest BCUT2D eigenvalue weighted by Crippen LogP contribution is -2.36. The van der Waals surface area contributed by atoms with Gasteiger partial charge in [-0.05, 0) is 64.4 Å². The number of aromatic nitrogens is 2. The maximum absolute atomic E-state index is 5.76. The van der Waals surface area contributed by atoms with Crippen LogP contribution < -0.4 is 5.32 Å². The third-order valence-electron chi connectivity index (χ3n) is 3.11. The average molecular weight is 352 g/mol. The molecule has 0 radical (unpaired) electrons. The number of hydrogen-bond acceptors (Lipinski definition) is 4. The SMILES string of the molecule is Cc1cc(Br)ccc1-c1nnc(CCCNC(C)(C)C)o1. The summed E-state index contributed by atoms with van der Waals surface area (Å²) in [5.74, 6) is 1.29. The monoisotopic (exact) mass is 351 g/mol. The number of hydrogen-bond donors (Lipinski definition) is 1. The van der Waals surface area contributed by atoms with E-state index in [0.29, 0.717) is 11.8 Å². The van der Waals surface area contributed by atoms with Gasteiger partial charge in [0.2, 0.25) is 11.8 Å². The highest BCUT2D eigenvalue weighted by atomic mass is 79.9. The van der Waals surface area contributed by atoms with Crippen LogP contribution in [0.5, 0.6) is 0 Å². The molecule has 4 nitrogen and oxygen atoms in total. The largest absolute Gasteiger partial charge is 0.421 e. The van der Waals surface area contributed by atoms with Crippen molar-refractivity contribution in [1.29, 1.82) is 0 Å². The molecule has 0 aliphatic heterocycles. The van der Waals surface area contributed by atoms with Gasteiger partial charge in [0.1, 0.15) is 0 Å². The third kappa shape index (κ3) is 4.93. The first-order valence-electron chi connectivity index (χ1n) is 7.19. The Kier molecular flexibility index (Phi) is 5.17. The molecule has 21 heavy (non-hydrogen) atoms. The van der Waals surface area contributed by atoms with Gasteiger partial charge in [0.05, 0.1) is 0 Å². The van der Waals surface area contributed by atoms with Crippen LogP contribution in [0.3, 0.4) is 0 Å². The molecular weight excluding hydrogens is 330 g/mol. The molecule has 2 rings (SSSR count). The zero-order valence-corrected chi connectivity index (χ0v) is 14.6. The molecule has 0 bridgehead atoms. The zero-order chi connectivity index (χ0) is 15.5. The van der Waals surface area contributed by atoms with Gasteiger partial charge >= 0.3 is 0 Å². The highest BCUT2D eigenvalue weighted by Crippen LogP contribution is 2.25. The first kappa shape index (κ1) is 16.2. The van der Waals surface area contributed by atoms with Gasteiger partial charge in [-0.1, -0.05) is 15.9 Å². The summed E-state index contributed by atoms with van der Waals surface area (Å²) in [5, 5.41) is 11.7. The van der Waals surface area contributed by atoms with Gasteiger partial charge in [0, 0.05) is 22.0 Å². The Morgan fingerprint density at radius 2 is 2.00 bits per heavy atom. The van der Waals surface area contributed by atoms with E-state index >= 15 is 0 Å². The van der Waals surface area contributed by atoms with Crippen LogP contribution >= 0.6 is 15.9 Å². The Morgan fingerprint density at radius 3 is 2.67 bits per heavy atom. The van der Waals surface area contributed by atoms with Gasteiger partial charge < -0.3 is 9.73 Å². The van der Waals surface area contributed by atoms with Gasteiger partial charge in [-0.25, -0.2) is 0 Å². The fourth-order valence-corrected chi connectivity index (χ4v) is 2.51. The van der Waals surface area contributed by atoms with Gasteiger partial charge in [-0.2, -0.15) is 0 Å². The first-order valence-corrected chi connectivity index (χ1v) is 7.98. The van der Waals surface area contributed by atoms with Crippen LogP contribution in [0.25, 0.3) is 11.5 Å². The molecule has 2 aromatic rings. The van der Waals surface area contributed by atoms with Crippen molar-refractivity contribution in [3.05, 3.63) is 34.1 Å². The van der Waals surface area contributed by atoms with Crippen molar-refractivity contribution in [2.24, 2.45) is 0 Å². The molecule has 0 aliphatic rings. The number of halogens is 1.